The van der Waals surface area contributed by atoms with Crippen LogP contribution in [0.25, 0.3) is 0 Å². The van der Waals surface area contributed by atoms with Gasteiger partial charge in [-0.05, 0) is 6.42 Å². The summed E-state index contributed by atoms with van der Waals surface area (Å²) < 4.78 is 4.69. The molecule has 0 saturated carbocycles. The fraction of sp³-hybridized carbons (Fsp3) is 0.526. The molecule has 0 aliphatic carbocycles. The van der Waals surface area contributed by atoms with Crippen LogP contribution >= 0.6 is 0 Å². The fourth-order valence-corrected chi connectivity index (χ4v) is 3.04. The number of nitrogens with one attached hydrogen (secondary N) is 1. The molecule has 1 saturated heterocycles. The highest BCUT2D eigenvalue weighted by atomic mass is 16.4. The van der Waals surface area contributed by atoms with Crippen LogP contribution in [0, 0.1) is 5.41 Å². The van der Waals surface area contributed by atoms with E-state index in [1.54, 1.807) is 13.8 Å². The van der Waals surface area contributed by atoms with Crippen molar-refractivity contribution in [2.24, 2.45) is 5.41 Å². The zero-order chi connectivity index (χ0) is 22.5. The molecular weight excluding hydrogens is 398 g/mol. The normalized spacial score (nSPS) is 15.4. The number of likely N-dealkylation sites (tertiary alicyclic amines) is 1. The fourth-order valence-electron chi connectivity index (χ4n) is 3.04. The van der Waals surface area contributed by atoms with Crippen molar-refractivity contribution in [3.8, 4) is 5.75 Å². The minimum Gasteiger partial charge on any atom is -0.508 e. The van der Waals surface area contributed by atoms with E-state index in [1.165, 1.54) is 4.90 Å². The number of aliphatic hydroxyl groups is 1. The summed E-state index contributed by atoms with van der Waals surface area (Å²) in [6, 6.07) is 1.83. The lowest BCUT2D eigenvalue weighted by atomic mass is 9.92. The lowest BCUT2D eigenvalue weighted by Gasteiger charge is -2.25. The number of carbonyl (C=O) groups excluding carboxylic acids is 4. The number of hydrogen-bond donors (Lipinski definition) is 3. The summed E-state index contributed by atoms with van der Waals surface area (Å²) in [5.74, 6) is -2.78. The van der Waals surface area contributed by atoms with Crippen LogP contribution in [0.4, 0.5) is 0 Å². The minimum atomic E-state index is -0.867. The van der Waals surface area contributed by atoms with Crippen LogP contribution in [-0.2, 0) is 14.4 Å². The molecular formula is C19H25N3O8. The monoisotopic (exact) mass is 423 g/mol. The van der Waals surface area contributed by atoms with Crippen molar-refractivity contribution in [1.29, 1.82) is 0 Å². The zero-order valence-electron chi connectivity index (χ0n) is 16.8. The van der Waals surface area contributed by atoms with Gasteiger partial charge in [0.1, 0.15) is 12.3 Å². The van der Waals surface area contributed by atoms with E-state index in [0.717, 1.165) is 17.0 Å². The van der Waals surface area contributed by atoms with Crippen LogP contribution in [0.3, 0.4) is 0 Å². The summed E-state index contributed by atoms with van der Waals surface area (Å²) in [7, 11) is 0. The Morgan fingerprint density at radius 3 is 2.50 bits per heavy atom. The number of aromatic hydroxyl groups is 1. The Bertz CT molecular complexity index is 892. The van der Waals surface area contributed by atoms with Gasteiger partial charge in [-0.15, -0.1) is 0 Å². The van der Waals surface area contributed by atoms with E-state index in [4.69, 9.17) is 4.42 Å². The highest BCUT2D eigenvalue weighted by molar-refractivity contribution is 6.07. The Morgan fingerprint density at radius 2 is 1.93 bits per heavy atom. The predicted octanol–water partition coefficient (Wildman–Crippen LogP) is -0.929. The van der Waals surface area contributed by atoms with Crippen molar-refractivity contribution in [3.63, 3.8) is 0 Å². The Kier molecular flexibility index (Phi) is 7.33. The smallest absolute Gasteiger partial charge is 0.340 e. The Morgan fingerprint density at radius 1 is 1.23 bits per heavy atom. The Balaban J connectivity index is 1.87. The minimum absolute atomic E-state index is 0.00776. The SMILES string of the molecule is CC1(C)CC(=O)N(CC(=O)N(CCO)CCCNC(=O)c2cc(O)cc(=O)o2)C1=O. The molecule has 0 radical (unpaired) electrons. The average Bonchev–Trinajstić information content (AvgIpc) is 2.84. The summed E-state index contributed by atoms with van der Waals surface area (Å²) in [4.78, 5) is 62.2. The van der Waals surface area contributed by atoms with Crippen molar-refractivity contribution in [1.82, 2.24) is 15.1 Å². The van der Waals surface area contributed by atoms with Gasteiger partial charge in [-0.1, -0.05) is 13.8 Å². The summed E-state index contributed by atoms with van der Waals surface area (Å²) in [5.41, 5.74) is -1.71. The van der Waals surface area contributed by atoms with Gasteiger partial charge in [0.2, 0.25) is 17.7 Å². The van der Waals surface area contributed by atoms with Gasteiger partial charge in [0.25, 0.3) is 5.91 Å². The molecule has 1 aliphatic rings. The molecule has 1 aromatic rings. The van der Waals surface area contributed by atoms with Crippen molar-refractivity contribution in [2.75, 3.05) is 32.8 Å². The molecule has 11 nitrogen and oxygen atoms in total. The van der Waals surface area contributed by atoms with E-state index >= 15 is 0 Å². The molecule has 1 aliphatic heterocycles. The van der Waals surface area contributed by atoms with E-state index in [9.17, 15) is 34.2 Å². The summed E-state index contributed by atoms with van der Waals surface area (Å²) in [6.45, 7) is 2.85. The third-order valence-corrected chi connectivity index (χ3v) is 4.60. The third kappa shape index (κ3) is 5.66. The Hall–Kier alpha value is -3.21. The molecule has 2 rings (SSSR count). The Labute approximate surface area is 172 Å². The molecule has 0 unspecified atom stereocenters. The van der Waals surface area contributed by atoms with Gasteiger partial charge in [0.15, 0.2) is 5.76 Å². The van der Waals surface area contributed by atoms with Gasteiger partial charge in [-0.25, -0.2) is 4.79 Å². The number of aliphatic hydroxyl groups excluding tert-OH is 1. The second kappa shape index (κ2) is 9.53. The standard InChI is InChI=1S/C19H25N3O8/c1-19(2)10-14(25)22(18(19)29)11-15(26)21(6-7-23)5-3-4-20-17(28)13-8-12(24)9-16(27)30-13/h8-9,23-24H,3-7,10-11H2,1-2H3,(H,20,28). The van der Waals surface area contributed by atoms with E-state index in [0.29, 0.717) is 6.42 Å². The van der Waals surface area contributed by atoms with Gasteiger partial charge in [-0.2, -0.15) is 0 Å². The molecule has 2 heterocycles. The van der Waals surface area contributed by atoms with Crippen LogP contribution in [0.1, 0.15) is 37.2 Å². The van der Waals surface area contributed by atoms with Crippen LogP contribution in [0.15, 0.2) is 21.3 Å². The van der Waals surface area contributed by atoms with Gasteiger partial charge >= 0.3 is 5.63 Å². The molecule has 0 atom stereocenters. The average molecular weight is 423 g/mol. The lowest BCUT2D eigenvalue weighted by molar-refractivity contribution is -0.147. The number of amides is 4. The molecule has 0 spiro atoms. The predicted molar refractivity (Wildman–Crippen MR) is 102 cm³/mol. The van der Waals surface area contributed by atoms with Crippen molar-refractivity contribution < 1.29 is 33.8 Å². The first kappa shape index (κ1) is 23.1. The molecule has 1 fully saturated rings. The zero-order valence-corrected chi connectivity index (χ0v) is 16.8. The second-order valence-electron chi connectivity index (χ2n) is 7.56. The van der Waals surface area contributed by atoms with Crippen LogP contribution < -0.4 is 10.9 Å². The molecule has 3 N–H and O–H groups in total. The first-order valence-corrected chi connectivity index (χ1v) is 9.41. The van der Waals surface area contributed by atoms with Crippen LogP contribution in [0.2, 0.25) is 0 Å². The maximum atomic E-state index is 12.5. The number of imide groups is 1. The van der Waals surface area contributed by atoms with Crippen molar-refractivity contribution >= 4 is 23.6 Å². The van der Waals surface area contributed by atoms with E-state index in [1.807, 2.05) is 0 Å². The molecule has 0 aromatic carbocycles. The van der Waals surface area contributed by atoms with Crippen LogP contribution in [0.5, 0.6) is 5.75 Å². The summed E-state index contributed by atoms with van der Waals surface area (Å²) in [5, 5.41) is 21.0. The molecule has 1 aromatic heterocycles. The maximum absolute atomic E-state index is 12.5. The maximum Gasteiger partial charge on any atom is 0.340 e. The first-order chi connectivity index (χ1) is 14.0. The lowest BCUT2D eigenvalue weighted by Crippen LogP contribution is -2.45. The summed E-state index contributed by atoms with van der Waals surface area (Å²) in [6.07, 6.45) is 0.338. The molecule has 11 heteroatoms. The number of carbonyl (C=O) groups is 4. The molecule has 164 valence electrons. The molecule has 4 amide bonds. The number of hydrogen-bond acceptors (Lipinski definition) is 8. The van der Waals surface area contributed by atoms with E-state index in [2.05, 4.69) is 5.32 Å². The third-order valence-electron chi connectivity index (χ3n) is 4.60. The largest absolute Gasteiger partial charge is 0.508 e. The van der Waals surface area contributed by atoms with Crippen molar-refractivity contribution in [2.45, 2.75) is 26.7 Å². The second-order valence-corrected chi connectivity index (χ2v) is 7.56. The van der Waals surface area contributed by atoms with E-state index < -0.39 is 47.0 Å². The first-order valence-electron chi connectivity index (χ1n) is 9.41. The number of nitrogens with zero attached hydrogens (tertiary/aromatic N) is 2. The number of rotatable bonds is 9. The highest BCUT2D eigenvalue weighted by Crippen LogP contribution is 2.31. The van der Waals surface area contributed by atoms with Crippen LogP contribution in [-0.4, -0.2) is 76.4 Å². The molecule has 30 heavy (non-hydrogen) atoms. The summed E-state index contributed by atoms with van der Waals surface area (Å²) >= 11 is 0. The molecule has 0 bridgehead atoms. The van der Waals surface area contributed by atoms with Gasteiger partial charge < -0.3 is 24.8 Å². The van der Waals surface area contributed by atoms with E-state index in [-0.39, 0.29) is 38.4 Å². The van der Waals surface area contributed by atoms with Gasteiger partial charge in [0, 0.05) is 32.1 Å². The van der Waals surface area contributed by atoms with Gasteiger partial charge in [0.05, 0.1) is 18.1 Å². The highest BCUT2D eigenvalue weighted by Gasteiger charge is 2.45. The quantitative estimate of drug-likeness (QED) is 0.340. The van der Waals surface area contributed by atoms with Crippen molar-refractivity contribution in [3.05, 3.63) is 28.3 Å². The topological polar surface area (TPSA) is 157 Å². The van der Waals surface area contributed by atoms with Gasteiger partial charge in [-0.3, -0.25) is 24.1 Å².